The van der Waals surface area contributed by atoms with E-state index in [0.717, 1.165) is 11.3 Å². The van der Waals surface area contributed by atoms with Crippen LogP contribution >= 0.6 is 0 Å². The van der Waals surface area contributed by atoms with Gasteiger partial charge in [0.05, 0.1) is 54.4 Å². The van der Waals surface area contributed by atoms with E-state index in [1.807, 2.05) is 30.5 Å². The van der Waals surface area contributed by atoms with Crippen molar-refractivity contribution in [2.24, 2.45) is 0 Å². The second kappa shape index (κ2) is 10.6. The first kappa shape index (κ1) is 24.9. The number of anilines is 1. The van der Waals surface area contributed by atoms with E-state index in [1.54, 1.807) is 38.4 Å². The summed E-state index contributed by atoms with van der Waals surface area (Å²) in [5.41, 5.74) is 2.30. The third-order valence-corrected chi connectivity index (χ3v) is 6.22. The van der Waals surface area contributed by atoms with E-state index in [2.05, 4.69) is 9.88 Å². The van der Waals surface area contributed by atoms with Crippen LogP contribution in [-0.4, -0.2) is 64.7 Å². The average Bonchev–Trinajstić information content (AvgIpc) is 3.39. The van der Waals surface area contributed by atoms with Crippen molar-refractivity contribution in [3.8, 4) is 34.5 Å². The minimum Gasteiger partial charge on any atom is -0.493 e. The number of aromatic nitrogens is 1. The Morgan fingerprint density at radius 1 is 0.778 bits per heavy atom. The predicted octanol–water partition coefficient (Wildman–Crippen LogP) is 4.18. The van der Waals surface area contributed by atoms with Crippen molar-refractivity contribution >= 4 is 11.7 Å². The first-order valence-corrected chi connectivity index (χ1v) is 11.3. The second-order valence-electron chi connectivity index (χ2n) is 8.03. The standard InChI is InChI=1S/C26H31N3O7/c1-31-19-12-16(13-20(32-2)24(19)35-5)23-18-8-7-9-28(18)10-11-29(23)26(30)27-17-14-21(33-3)25(36-6)22(15-17)34-4/h7-9,12-15,23H,10-11H2,1-6H3,(H,27,30)/t23-/m1/s1. The van der Waals surface area contributed by atoms with Crippen LogP contribution in [0.1, 0.15) is 17.3 Å². The predicted molar refractivity (Wildman–Crippen MR) is 134 cm³/mol. The number of fused-ring (bicyclic) bond motifs is 1. The first-order chi connectivity index (χ1) is 17.5. The number of hydrogen-bond acceptors (Lipinski definition) is 7. The molecule has 10 nitrogen and oxygen atoms in total. The molecule has 192 valence electrons. The number of carbonyl (C=O) groups excluding carboxylic acids is 1. The zero-order valence-corrected chi connectivity index (χ0v) is 21.3. The van der Waals surface area contributed by atoms with Crippen molar-refractivity contribution in [3.05, 3.63) is 53.9 Å². The molecule has 1 aliphatic heterocycles. The van der Waals surface area contributed by atoms with E-state index in [4.69, 9.17) is 28.4 Å². The number of urea groups is 1. The summed E-state index contributed by atoms with van der Waals surface area (Å²) in [6, 6.07) is 10.4. The van der Waals surface area contributed by atoms with Crippen LogP contribution in [0.5, 0.6) is 34.5 Å². The van der Waals surface area contributed by atoms with Gasteiger partial charge in [-0.2, -0.15) is 0 Å². The number of carbonyl (C=O) groups is 1. The Balaban J connectivity index is 1.74. The van der Waals surface area contributed by atoms with E-state index in [9.17, 15) is 4.79 Å². The molecule has 36 heavy (non-hydrogen) atoms. The van der Waals surface area contributed by atoms with Crippen LogP contribution in [0.4, 0.5) is 10.5 Å². The van der Waals surface area contributed by atoms with Crippen LogP contribution in [0, 0.1) is 0 Å². The third-order valence-electron chi connectivity index (χ3n) is 6.22. The van der Waals surface area contributed by atoms with Gasteiger partial charge in [0.25, 0.3) is 0 Å². The lowest BCUT2D eigenvalue weighted by Crippen LogP contribution is -2.44. The van der Waals surface area contributed by atoms with Gasteiger partial charge < -0.3 is 43.2 Å². The molecule has 10 heteroatoms. The van der Waals surface area contributed by atoms with Crippen molar-refractivity contribution in [1.82, 2.24) is 9.47 Å². The lowest BCUT2D eigenvalue weighted by Gasteiger charge is -2.37. The number of ether oxygens (including phenoxy) is 6. The topological polar surface area (TPSA) is 92.7 Å². The molecule has 0 spiro atoms. The Bertz CT molecular complexity index is 1190. The molecule has 0 unspecified atom stereocenters. The molecule has 0 fully saturated rings. The van der Waals surface area contributed by atoms with E-state index < -0.39 is 6.04 Å². The summed E-state index contributed by atoms with van der Waals surface area (Å²) < 4.78 is 35.0. The maximum atomic E-state index is 13.7. The zero-order chi connectivity index (χ0) is 25.8. The third kappa shape index (κ3) is 4.41. The molecular weight excluding hydrogens is 466 g/mol. The maximum Gasteiger partial charge on any atom is 0.322 e. The molecule has 0 radical (unpaired) electrons. The van der Waals surface area contributed by atoms with Crippen molar-refractivity contribution in [2.75, 3.05) is 54.5 Å². The molecule has 0 saturated carbocycles. The van der Waals surface area contributed by atoms with Gasteiger partial charge in [-0.25, -0.2) is 4.79 Å². The highest BCUT2D eigenvalue weighted by molar-refractivity contribution is 5.91. The molecule has 3 aromatic rings. The molecular formula is C26H31N3O7. The molecule has 1 aliphatic rings. The molecule has 4 rings (SSSR count). The van der Waals surface area contributed by atoms with Gasteiger partial charge in [0.1, 0.15) is 0 Å². The summed E-state index contributed by atoms with van der Waals surface area (Å²) in [6.45, 7) is 1.14. The van der Waals surface area contributed by atoms with Crippen LogP contribution in [0.15, 0.2) is 42.6 Å². The molecule has 0 bridgehead atoms. The SMILES string of the molecule is COc1cc(NC(=O)N2CCn3cccc3[C@H]2c2cc(OC)c(OC)c(OC)c2)cc(OC)c1OC. The Morgan fingerprint density at radius 3 is 1.81 bits per heavy atom. The highest BCUT2D eigenvalue weighted by Gasteiger charge is 2.34. The van der Waals surface area contributed by atoms with Crippen LogP contribution < -0.4 is 33.7 Å². The second-order valence-corrected chi connectivity index (χ2v) is 8.03. The Hall–Kier alpha value is -4.21. The molecule has 1 N–H and O–H groups in total. The van der Waals surface area contributed by atoms with Gasteiger partial charge in [0, 0.05) is 37.1 Å². The lowest BCUT2D eigenvalue weighted by molar-refractivity contribution is 0.181. The van der Waals surface area contributed by atoms with Gasteiger partial charge in [-0.15, -0.1) is 0 Å². The Labute approximate surface area is 210 Å². The summed E-state index contributed by atoms with van der Waals surface area (Å²) >= 11 is 0. The Morgan fingerprint density at radius 2 is 1.31 bits per heavy atom. The number of methoxy groups -OCH3 is 6. The van der Waals surface area contributed by atoms with Crippen molar-refractivity contribution < 1.29 is 33.2 Å². The van der Waals surface area contributed by atoms with E-state index in [0.29, 0.717) is 53.3 Å². The molecule has 2 heterocycles. The molecule has 0 aliphatic carbocycles. The fourth-order valence-electron chi connectivity index (χ4n) is 4.56. The minimum atomic E-state index is -0.399. The molecule has 2 amide bonds. The van der Waals surface area contributed by atoms with Crippen LogP contribution in [-0.2, 0) is 6.54 Å². The van der Waals surface area contributed by atoms with Crippen LogP contribution in [0.3, 0.4) is 0 Å². The lowest BCUT2D eigenvalue weighted by atomic mass is 9.99. The van der Waals surface area contributed by atoms with Gasteiger partial charge in [-0.1, -0.05) is 0 Å². The van der Waals surface area contributed by atoms with E-state index in [-0.39, 0.29) is 6.03 Å². The molecule has 1 aromatic heterocycles. The summed E-state index contributed by atoms with van der Waals surface area (Å²) in [5, 5.41) is 2.99. The highest BCUT2D eigenvalue weighted by atomic mass is 16.5. The summed E-state index contributed by atoms with van der Waals surface area (Å²) in [4.78, 5) is 15.5. The number of benzene rings is 2. The first-order valence-electron chi connectivity index (χ1n) is 11.3. The zero-order valence-electron chi connectivity index (χ0n) is 21.3. The number of nitrogens with zero attached hydrogens (tertiary/aromatic N) is 2. The molecule has 1 atom stereocenters. The summed E-state index contributed by atoms with van der Waals surface area (Å²) in [6.07, 6.45) is 2.01. The van der Waals surface area contributed by atoms with Gasteiger partial charge in [-0.05, 0) is 29.8 Å². The van der Waals surface area contributed by atoms with Gasteiger partial charge >= 0.3 is 6.03 Å². The number of nitrogens with one attached hydrogen (secondary N) is 1. The molecule has 0 saturated heterocycles. The number of amides is 2. The quantitative estimate of drug-likeness (QED) is 0.499. The van der Waals surface area contributed by atoms with Gasteiger partial charge in [0.15, 0.2) is 23.0 Å². The smallest absolute Gasteiger partial charge is 0.322 e. The molecule has 2 aromatic carbocycles. The van der Waals surface area contributed by atoms with E-state index in [1.165, 1.54) is 21.3 Å². The van der Waals surface area contributed by atoms with Gasteiger partial charge in [0.2, 0.25) is 11.5 Å². The highest BCUT2D eigenvalue weighted by Crippen LogP contribution is 2.44. The van der Waals surface area contributed by atoms with Crippen molar-refractivity contribution in [3.63, 3.8) is 0 Å². The minimum absolute atomic E-state index is 0.282. The monoisotopic (exact) mass is 497 g/mol. The number of hydrogen-bond donors (Lipinski definition) is 1. The Kier molecular flexibility index (Phi) is 7.33. The van der Waals surface area contributed by atoms with Gasteiger partial charge in [-0.3, -0.25) is 0 Å². The fraction of sp³-hybridized carbons (Fsp3) is 0.346. The maximum absolute atomic E-state index is 13.7. The summed E-state index contributed by atoms with van der Waals surface area (Å²) in [5.74, 6) is 2.86. The fourth-order valence-corrected chi connectivity index (χ4v) is 4.56. The van der Waals surface area contributed by atoms with E-state index >= 15 is 0 Å². The normalized spacial score (nSPS) is 14.5. The van der Waals surface area contributed by atoms with Crippen molar-refractivity contribution in [1.29, 1.82) is 0 Å². The number of rotatable bonds is 8. The largest absolute Gasteiger partial charge is 0.493 e. The van der Waals surface area contributed by atoms with Crippen LogP contribution in [0.2, 0.25) is 0 Å². The van der Waals surface area contributed by atoms with Crippen LogP contribution in [0.25, 0.3) is 0 Å². The summed E-state index contributed by atoms with van der Waals surface area (Å²) in [7, 11) is 9.29. The van der Waals surface area contributed by atoms with Crippen molar-refractivity contribution in [2.45, 2.75) is 12.6 Å². The average molecular weight is 498 g/mol.